The zero-order valence-electron chi connectivity index (χ0n) is 6.40. The Kier molecular flexibility index (Phi) is 1.10. The van der Waals surface area contributed by atoms with E-state index in [1.807, 2.05) is 0 Å². The van der Waals surface area contributed by atoms with Crippen molar-refractivity contribution in [3.05, 3.63) is 41.2 Å². The summed E-state index contributed by atoms with van der Waals surface area (Å²) in [6.45, 7) is 0. The molecule has 0 bridgehead atoms. The summed E-state index contributed by atoms with van der Waals surface area (Å²) in [7, 11) is 0. The molecule has 0 radical (unpaired) electrons. The first-order chi connectivity index (χ1) is 5.95. The molecule has 3 aromatic rings. The summed E-state index contributed by atoms with van der Waals surface area (Å²) in [5, 5.41) is 5.70. The number of nitrogens with zero attached hydrogens (tertiary/aromatic N) is 1. The molecule has 0 atom stereocenters. The molecule has 3 aromatic heterocycles. The van der Waals surface area contributed by atoms with E-state index in [1.54, 1.807) is 11.3 Å². The van der Waals surface area contributed by atoms with Crippen molar-refractivity contribution in [2.75, 3.05) is 0 Å². The third-order valence-corrected chi connectivity index (χ3v) is 2.87. The largest absolute Gasteiger partial charge is 0.316 e. The lowest BCUT2D eigenvalue weighted by Crippen LogP contribution is -1.78. The summed E-state index contributed by atoms with van der Waals surface area (Å²) in [6.07, 6.45) is 2.10. The van der Waals surface area contributed by atoms with Gasteiger partial charge in [-0.2, -0.15) is 0 Å². The minimum absolute atomic E-state index is 1.27. The zero-order chi connectivity index (χ0) is 7.97. The van der Waals surface area contributed by atoms with Crippen molar-refractivity contribution in [3.8, 4) is 0 Å². The van der Waals surface area contributed by atoms with Crippen LogP contribution in [0.3, 0.4) is 0 Å². The van der Waals surface area contributed by atoms with Crippen molar-refractivity contribution < 1.29 is 0 Å². The van der Waals surface area contributed by atoms with Gasteiger partial charge in [0.2, 0.25) is 0 Å². The summed E-state index contributed by atoms with van der Waals surface area (Å²) in [5.41, 5.74) is 2.59. The van der Waals surface area contributed by atoms with Gasteiger partial charge in [0, 0.05) is 27.9 Å². The number of hydrogen-bond acceptors (Lipinski definition) is 1. The SMILES string of the molecule is c1ccn2c(c1)cc1cscc12. The minimum atomic E-state index is 1.27. The smallest absolute Gasteiger partial charge is 0.0635 e. The monoisotopic (exact) mass is 173 g/mol. The highest BCUT2D eigenvalue weighted by atomic mass is 32.1. The Balaban J connectivity index is 2.68. The molecule has 0 unspecified atom stereocenters. The fourth-order valence-electron chi connectivity index (χ4n) is 1.56. The maximum Gasteiger partial charge on any atom is 0.0635 e. The lowest BCUT2D eigenvalue weighted by atomic mass is 10.4. The van der Waals surface area contributed by atoms with Crippen molar-refractivity contribution >= 4 is 27.8 Å². The minimum Gasteiger partial charge on any atom is -0.316 e. The summed E-state index contributed by atoms with van der Waals surface area (Å²) >= 11 is 1.75. The van der Waals surface area contributed by atoms with Crippen LogP contribution in [-0.2, 0) is 0 Å². The van der Waals surface area contributed by atoms with E-state index in [0.717, 1.165) is 0 Å². The van der Waals surface area contributed by atoms with Gasteiger partial charge < -0.3 is 4.40 Å². The lowest BCUT2D eigenvalue weighted by Gasteiger charge is -1.91. The molecule has 0 saturated carbocycles. The van der Waals surface area contributed by atoms with Gasteiger partial charge in [0.25, 0.3) is 0 Å². The maximum absolute atomic E-state index is 2.21. The molecule has 58 valence electrons. The molecule has 0 amide bonds. The Morgan fingerprint density at radius 1 is 1.17 bits per heavy atom. The summed E-state index contributed by atoms with van der Waals surface area (Å²) in [6, 6.07) is 8.47. The molecule has 0 aromatic carbocycles. The molecule has 0 aliphatic heterocycles. The van der Waals surface area contributed by atoms with Gasteiger partial charge in [-0.25, -0.2) is 0 Å². The van der Waals surface area contributed by atoms with Gasteiger partial charge in [-0.15, -0.1) is 11.3 Å². The Bertz CT molecular complexity index is 532. The van der Waals surface area contributed by atoms with E-state index in [4.69, 9.17) is 0 Å². The number of rotatable bonds is 0. The molecule has 0 aliphatic carbocycles. The maximum atomic E-state index is 2.21. The van der Waals surface area contributed by atoms with Crippen LogP contribution in [0.2, 0.25) is 0 Å². The van der Waals surface area contributed by atoms with Gasteiger partial charge in [-0.05, 0) is 18.2 Å². The first-order valence-electron chi connectivity index (χ1n) is 3.87. The zero-order valence-corrected chi connectivity index (χ0v) is 7.21. The van der Waals surface area contributed by atoms with Crippen LogP contribution in [0.15, 0.2) is 41.2 Å². The predicted octanol–water partition coefficient (Wildman–Crippen LogP) is 3.15. The van der Waals surface area contributed by atoms with Crippen LogP contribution in [0, 0.1) is 0 Å². The van der Waals surface area contributed by atoms with E-state index < -0.39 is 0 Å². The van der Waals surface area contributed by atoms with E-state index in [2.05, 4.69) is 45.6 Å². The molecule has 2 heteroatoms. The number of thiophene rings is 1. The van der Waals surface area contributed by atoms with Crippen LogP contribution in [0.4, 0.5) is 0 Å². The topological polar surface area (TPSA) is 4.41 Å². The highest BCUT2D eigenvalue weighted by Crippen LogP contribution is 2.23. The normalized spacial score (nSPS) is 11.3. The van der Waals surface area contributed by atoms with Gasteiger partial charge in [0.15, 0.2) is 0 Å². The summed E-state index contributed by atoms with van der Waals surface area (Å²) < 4.78 is 2.21. The number of hydrogen-bond donors (Lipinski definition) is 0. The fourth-order valence-corrected chi connectivity index (χ4v) is 2.34. The Hall–Kier alpha value is -1.28. The summed E-state index contributed by atoms with van der Waals surface area (Å²) in [5.74, 6) is 0. The number of pyridine rings is 1. The molecule has 0 saturated heterocycles. The first-order valence-corrected chi connectivity index (χ1v) is 4.81. The van der Waals surface area contributed by atoms with Crippen molar-refractivity contribution in [3.63, 3.8) is 0 Å². The average molecular weight is 173 g/mol. The van der Waals surface area contributed by atoms with E-state index in [1.165, 1.54) is 16.4 Å². The summed E-state index contributed by atoms with van der Waals surface area (Å²) in [4.78, 5) is 0. The van der Waals surface area contributed by atoms with E-state index >= 15 is 0 Å². The number of fused-ring (bicyclic) bond motifs is 3. The highest BCUT2D eigenvalue weighted by Gasteiger charge is 2.00. The van der Waals surface area contributed by atoms with Crippen LogP contribution in [0.5, 0.6) is 0 Å². The van der Waals surface area contributed by atoms with Crippen LogP contribution < -0.4 is 0 Å². The molecule has 1 nitrogen and oxygen atoms in total. The fraction of sp³-hybridized carbons (Fsp3) is 0. The van der Waals surface area contributed by atoms with E-state index in [9.17, 15) is 0 Å². The van der Waals surface area contributed by atoms with Crippen LogP contribution in [0.25, 0.3) is 16.4 Å². The Morgan fingerprint density at radius 2 is 2.17 bits per heavy atom. The molecule has 0 N–H and O–H groups in total. The van der Waals surface area contributed by atoms with Gasteiger partial charge in [-0.3, -0.25) is 0 Å². The third-order valence-electron chi connectivity index (χ3n) is 2.12. The Labute approximate surface area is 73.9 Å². The first kappa shape index (κ1) is 6.26. The van der Waals surface area contributed by atoms with E-state index in [0.29, 0.717) is 0 Å². The van der Waals surface area contributed by atoms with Crippen molar-refractivity contribution in [1.29, 1.82) is 0 Å². The second-order valence-electron chi connectivity index (χ2n) is 2.85. The van der Waals surface area contributed by atoms with Gasteiger partial charge in [0.05, 0.1) is 5.52 Å². The number of aromatic nitrogens is 1. The predicted molar refractivity (Wildman–Crippen MR) is 52.8 cm³/mol. The molecule has 3 heterocycles. The van der Waals surface area contributed by atoms with Crippen LogP contribution >= 0.6 is 11.3 Å². The third kappa shape index (κ3) is 0.676. The average Bonchev–Trinajstić information content (AvgIpc) is 2.62. The molecule has 3 rings (SSSR count). The molecule has 0 fully saturated rings. The van der Waals surface area contributed by atoms with Gasteiger partial charge in [-0.1, -0.05) is 6.07 Å². The second-order valence-corrected chi connectivity index (χ2v) is 3.60. The van der Waals surface area contributed by atoms with Gasteiger partial charge in [0.1, 0.15) is 0 Å². The van der Waals surface area contributed by atoms with Crippen LogP contribution in [-0.4, -0.2) is 4.40 Å². The Morgan fingerprint density at radius 3 is 3.17 bits per heavy atom. The molecular formula is C10H7NS. The quantitative estimate of drug-likeness (QED) is 0.492. The lowest BCUT2D eigenvalue weighted by molar-refractivity contribution is 1.26. The van der Waals surface area contributed by atoms with Crippen molar-refractivity contribution in [1.82, 2.24) is 4.40 Å². The highest BCUT2D eigenvalue weighted by molar-refractivity contribution is 7.09. The molecule has 0 spiro atoms. The van der Waals surface area contributed by atoms with Crippen LogP contribution in [0.1, 0.15) is 0 Å². The molecular weight excluding hydrogens is 166 g/mol. The van der Waals surface area contributed by atoms with Crippen molar-refractivity contribution in [2.24, 2.45) is 0 Å². The molecule has 0 aliphatic rings. The molecule has 12 heavy (non-hydrogen) atoms. The van der Waals surface area contributed by atoms with Gasteiger partial charge >= 0.3 is 0 Å². The second kappa shape index (κ2) is 2.11. The van der Waals surface area contributed by atoms with Crippen molar-refractivity contribution in [2.45, 2.75) is 0 Å². The van der Waals surface area contributed by atoms with E-state index in [-0.39, 0.29) is 0 Å². The standard InChI is InChI=1S/C10H7NS/c1-2-4-11-9(3-1)5-8-6-12-7-10(8)11/h1-7H.